The first-order chi connectivity index (χ1) is 10.9. The number of carbonyl (C=O) groups is 3. The predicted molar refractivity (Wildman–Crippen MR) is 93.2 cm³/mol. The summed E-state index contributed by atoms with van der Waals surface area (Å²) in [6.45, 7) is 12.9. The number of amides is 3. The molecule has 4 N–H and O–H groups in total. The smallest absolute Gasteiger partial charge is 0.408 e. The van der Waals surface area contributed by atoms with Crippen molar-refractivity contribution in [1.29, 1.82) is 0 Å². The second-order valence-corrected chi connectivity index (χ2v) is 7.60. The van der Waals surface area contributed by atoms with E-state index >= 15 is 0 Å². The quantitative estimate of drug-likeness (QED) is 0.625. The molecule has 3 amide bonds. The third-order valence-electron chi connectivity index (χ3n) is 3.53. The molecule has 0 aliphatic rings. The lowest BCUT2D eigenvalue weighted by molar-refractivity contribution is -0.129. The van der Waals surface area contributed by atoms with E-state index in [4.69, 9.17) is 10.5 Å². The van der Waals surface area contributed by atoms with E-state index in [0.29, 0.717) is 12.8 Å². The maximum Gasteiger partial charge on any atom is 0.408 e. The number of nitrogens with one attached hydrogen (secondary N) is 2. The lowest BCUT2D eigenvalue weighted by Crippen LogP contribution is -2.55. The summed E-state index contributed by atoms with van der Waals surface area (Å²) >= 11 is 0. The Bertz CT molecular complexity index is 444. The number of nitrogens with two attached hydrogens (primary N) is 1. The van der Waals surface area contributed by atoms with Gasteiger partial charge in [0.05, 0.1) is 0 Å². The third kappa shape index (κ3) is 8.74. The van der Waals surface area contributed by atoms with Crippen molar-refractivity contribution in [2.75, 3.05) is 0 Å². The number of alkyl carbamates (subject to hydrolysis) is 1. The van der Waals surface area contributed by atoms with Crippen molar-refractivity contribution in [3.8, 4) is 0 Å². The van der Waals surface area contributed by atoms with Crippen LogP contribution in [0.2, 0.25) is 0 Å². The van der Waals surface area contributed by atoms with E-state index in [1.165, 1.54) is 0 Å². The minimum Gasteiger partial charge on any atom is -0.444 e. The normalized spacial score (nSPS) is 15.3. The van der Waals surface area contributed by atoms with E-state index in [0.717, 1.165) is 0 Å². The van der Waals surface area contributed by atoms with E-state index in [-0.39, 0.29) is 11.8 Å². The fourth-order valence-electron chi connectivity index (χ4n) is 2.14. The molecule has 0 heterocycles. The molecule has 0 fully saturated rings. The molecular weight excluding hydrogens is 310 g/mol. The van der Waals surface area contributed by atoms with E-state index in [9.17, 15) is 14.4 Å². The van der Waals surface area contributed by atoms with Crippen molar-refractivity contribution in [1.82, 2.24) is 10.6 Å². The zero-order chi connectivity index (χ0) is 19.1. The van der Waals surface area contributed by atoms with Gasteiger partial charge in [0.15, 0.2) is 0 Å². The Hall–Kier alpha value is -1.79. The summed E-state index contributed by atoms with van der Waals surface area (Å²) in [6, 6.07) is -1.55. The number of carbonyl (C=O) groups excluding carboxylic acids is 3. The molecule has 0 aliphatic carbocycles. The second-order valence-electron chi connectivity index (χ2n) is 7.60. The van der Waals surface area contributed by atoms with E-state index in [2.05, 4.69) is 10.6 Å². The van der Waals surface area contributed by atoms with Gasteiger partial charge in [0, 0.05) is 0 Å². The topological polar surface area (TPSA) is 111 Å². The fraction of sp³-hybridized carbons (Fsp3) is 0.824. The van der Waals surface area contributed by atoms with Crippen LogP contribution in [-0.4, -0.2) is 35.6 Å². The fourth-order valence-corrected chi connectivity index (χ4v) is 2.14. The van der Waals surface area contributed by atoms with Crippen molar-refractivity contribution in [2.24, 2.45) is 17.6 Å². The van der Waals surface area contributed by atoms with Crippen molar-refractivity contribution >= 4 is 17.9 Å². The first-order valence-corrected chi connectivity index (χ1v) is 8.46. The maximum absolute atomic E-state index is 12.5. The summed E-state index contributed by atoms with van der Waals surface area (Å²) in [7, 11) is 0. The van der Waals surface area contributed by atoms with Crippen molar-refractivity contribution < 1.29 is 19.1 Å². The van der Waals surface area contributed by atoms with Gasteiger partial charge in [0.25, 0.3) is 0 Å². The Labute approximate surface area is 145 Å². The number of primary amides is 1. The molecule has 0 saturated heterocycles. The summed E-state index contributed by atoms with van der Waals surface area (Å²) in [5.74, 6) is -0.934. The largest absolute Gasteiger partial charge is 0.444 e. The minimum atomic E-state index is -0.786. The van der Waals surface area contributed by atoms with Crippen molar-refractivity contribution in [3.63, 3.8) is 0 Å². The molecule has 0 radical (unpaired) electrons. The van der Waals surface area contributed by atoms with Crippen molar-refractivity contribution in [3.05, 3.63) is 0 Å². The summed E-state index contributed by atoms with van der Waals surface area (Å²) in [5.41, 5.74) is 4.72. The highest BCUT2D eigenvalue weighted by Crippen LogP contribution is 2.12. The summed E-state index contributed by atoms with van der Waals surface area (Å²) < 4.78 is 5.20. The summed E-state index contributed by atoms with van der Waals surface area (Å²) in [5, 5.41) is 5.24. The molecule has 0 aliphatic heterocycles. The second kappa shape index (κ2) is 9.49. The number of hydrogen-bond donors (Lipinski definition) is 3. The monoisotopic (exact) mass is 343 g/mol. The lowest BCUT2D eigenvalue weighted by Gasteiger charge is -2.27. The molecule has 0 saturated carbocycles. The van der Waals surface area contributed by atoms with Crippen LogP contribution in [0.1, 0.15) is 61.3 Å². The molecule has 7 heteroatoms. The molecule has 24 heavy (non-hydrogen) atoms. The van der Waals surface area contributed by atoms with Gasteiger partial charge >= 0.3 is 6.09 Å². The Morgan fingerprint density at radius 2 is 1.62 bits per heavy atom. The Kier molecular flexibility index (Phi) is 8.78. The molecule has 0 unspecified atom stereocenters. The summed E-state index contributed by atoms with van der Waals surface area (Å²) in [6.07, 6.45) is 0.460. The van der Waals surface area contributed by atoms with Crippen LogP contribution in [0.3, 0.4) is 0 Å². The Balaban J connectivity index is 5.05. The van der Waals surface area contributed by atoms with Gasteiger partial charge in [-0.2, -0.15) is 0 Å². The van der Waals surface area contributed by atoms with Crippen LogP contribution < -0.4 is 16.4 Å². The molecule has 0 bridgehead atoms. The van der Waals surface area contributed by atoms with Crippen molar-refractivity contribution in [2.45, 2.75) is 79.0 Å². The molecule has 0 aromatic heterocycles. The first-order valence-electron chi connectivity index (χ1n) is 8.46. The highest BCUT2D eigenvalue weighted by Gasteiger charge is 2.30. The molecular formula is C17H33N3O4. The van der Waals surface area contributed by atoms with E-state index in [1.807, 2.05) is 27.7 Å². The van der Waals surface area contributed by atoms with E-state index < -0.39 is 35.6 Å². The molecule has 0 rings (SSSR count). The molecule has 0 spiro atoms. The van der Waals surface area contributed by atoms with Crippen LogP contribution in [0.25, 0.3) is 0 Å². The number of hydrogen-bond acceptors (Lipinski definition) is 4. The van der Waals surface area contributed by atoms with Crippen LogP contribution in [0.5, 0.6) is 0 Å². The highest BCUT2D eigenvalue weighted by molar-refractivity contribution is 5.90. The third-order valence-corrected chi connectivity index (χ3v) is 3.53. The van der Waals surface area contributed by atoms with Crippen LogP contribution >= 0.6 is 0 Å². The van der Waals surface area contributed by atoms with Crippen LogP contribution in [0, 0.1) is 11.8 Å². The molecule has 0 aromatic rings. The first kappa shape index (κ1) is 22.2. The average Bonchev–Trinajstić information content (AvgIpc) is 2.39. The SMILES string of the molecule is CC[C@H](C)[C@@H](NC(=O)[C@@H](CC(C)C)NC(=O)OC(C)(C)C)C(N)=O. The van der Waals surface area contributed by atoms with Gasteiger partial charge < -0.3 is 21.1 Å². The van der Waals surface area contributed by atoms with Gasteiger partial charge in [-0.05, 0) is 39.0 Å². The predicted octanol–water partition coefficient (Wildman–Crippen LogP) is 1.94. The van der Waals surface area contributed by atoms with Crippen LogP contribution in [-0.2, 0) is 14.3 Å². The molecule has 0 aromatic carbocycles. The Morgan fingerprint density at radius 1 is 1.08 bits per heavy atom. The van der Waals surface area contributed by atoms with Gasteiger partial charge in [-0.1, -0.05) is 34.1 Å². The van der Waals surface area contributed by atoms with Gasteiger partial charge in [-0.15, -0.1) is 0 Å². The standard InChI is InChI=1S/C17H33N3O4/c1-8-11(4)13(14(18)21)20-15(22)12(9-10(2)3)19-16(23)24-17(5,6)7/h10-13H,8-9H2,1-7H3,(H2,18,21)(H,19,23)(H,20,22)/t11-,12+,13+/m0/s1. The zero-order valence-electron chi connectivity index (χ0n) is 15.9. The molecule has 140 valence electrons. The van der Waals surface area contributed by atoms with Gasteiger partial charge in [-0.25, -0.2) is 4.79 Å². The molecule has 7 nitrogen and oxygen atoms in total. The van der Waals surface area contributed by atoms with Crippen LogP contribution in [0.4, 0.5) is 4.79 Å². The molecule has 3 atom stereocenters. The van der Waals surface area contributed by atoms with Gasteiger partial charge in [-0.3, -0.25) is 9.59 Å². The number of rotatable bonds is 8. The zero-order valence-corrected chi connectivity index (χ0v) is 15.9. The average molecular weight is 343 g/mol. The maximum atomic E-state index is 12.5. The van der Waals surface area contributed by atoms with Crippen LogP contribution in [0.15, 0.2) is 0 Å². The van der Waals surface area contributed by atoms with Gasteiger partial charge in [0.2, 0.25) is 11.8 Å². The Morgan fingerprint density at radius 3 is 2.00 bits per heavy atom. The highest BCUT2D eigenvalue weighted by atomic mass is 16.6. The minimum absolute atomic E-state index is 0.0901. The van der Waals surface area contributed by atoms with Gasteiger partial charge in [0.1, 0.15) is 17.7 Å². The van der Waals surface area contributed by atoms with E-state index in [1.54, 1.807) is 20.8 Å². The lowest BCUT2D eigenvalue weighted by atomic mass is 9.97. The number of ether oxygens (including phenoxy) is 1. The summed E-state index contributed by atoms with van der Waals surface area (Å²) in [4.78, 5) is 36.1.